The number of hydrogen-bond donors (Lipinski definition) is 1. The molecule has 1 N–H and O–H groups in total. The van der Waals surface area contributed by atoms with E-state index in [4.69, 9.17) is 5.11 Å². The quantitative estimate of drug-likeness (QED) is 0.815. The molecule has 3 heteroatoms. The largest absolute Gasteiger partial charge is 0.387 e. The Morgan fingerprint density at radius 2 is 2.12 bits per heavy atom. The standard InChI is InChI=1S/C13H17NO2/c1-2-12-7-10-5-3-4-6-11(10)8-14(12)13(16)9-15/h3-6,12,15H,2,7-9H2,1H3. The summed E-state index contributed by atoms with van der Waals surface area (Å²) >= 11 is 0. The second-order valence-corrected chi connectivity index (χ2v) is 4.21. The van der Waals surface area contributed by atoms with E-state index >= 15 is 0 Å². The van der Waals surface area contributed by atoms with E-state index in [-0.39, 0.29) is 11.9 Å². The van der Waals surface area contributed by atoms with Crippen LogP contribution < -0.4 is 0 Å². The van der Waals surface area contributed by atoms with Gasteiger partial charge in [-0.15, -0.1) is 0 Å². The fourth-order valence-corrected chi connectivity index (χ4v) is 2.33. The molecule has 1 aromatic carbocycles. The van der Waals surface area contributed by atoms with Crippen LogP contribution in [-0.4, -0.2) is 28.6 Å². The molecule has 0 saturated carbocycles. The molecule has 0 saturated heterocycles. The van der Waals surface area contributed by atoms with Gasteiger partial charge < -0.3 is 10.0 Å². The molecule has 1 atom stereocenters. The predicted molar refractivity (Wildman–Crippen MR) is 61.9 cm³/mol. The van der Waals surface area contributed by atoms with Crippen LogP contribution >= 0.6 is 0 Å². The number of aliphatic hydroxyl groups excluding tert-OH is 1. The van der Waals surface area contributed by atoms with E-state index in [9.17, 15) is 4.79 Å². The molecule has 1 amide bonds. The Morgan fingerprint density at radius 3 is 2.75 bits per heavy atom. The Bertz CT molecular complexity index is 389. The van der Waals surface area contributed by atoms with Crippen molar-refractivity contribution in [3.63, 3.8) is 0 Å². The molecule has 2 rings (SSSR count). The van der Waals surface area contributed by atoms with E-state index in [1.54, 1.807) is 4.90 Å². The maximum absolute atomic E-state index is 11.6. The van der Waals surface area contributed by atoms with Gasteiger partial charge in [0.15, 0.2) is 0 Å². The van der Waals surface area contributed by atoms with Gasteiger partial charge in [-0.05, 0) is 24.0 Å². The minimum atomic E-state index is -0.390. The maximum atomic E-state index is 11.6. The summed E-state index contributed by atoms with van der Waals surface area (Å²) in [7, 11) is 0. The first kappa shape index (κ1) is 11.1. The summed E-state index contributed by atoms with van der Waals surface area (Å²) in [5, 5.41) is 8.96. The van der Waals surface area contributed by atoms with Crippen LogP contribution in [0.25, 0.3) is 0 Å². The summed E-state index contributed by atoms with van der Waals surface area (Å²) in [5.74, 6) is -0.165. The molecule has 1 aliphatic rings. The molecule has 0 fully saturated rings. The van der Waals surface area contributed by atoms with Crippen LogP contribution in [0.5, 0.6) is 0 Å². The lowest BCUT2D eigenvalue weighted by molar-refractivity contribution is -0.137. The highest BCUT2D eigenvalue weighted by Gasteiger charge is 2.27. The Balaban J connectivity index is 2.27. The van der Waals surface area contributed by atoms with E-state index in [0.29, 0.717) is 6.54 Å². The first-order valence-electron chi connectivity index (χ1n) is 5.73. The van der Waals surface area contributed by atoms with E-state index in [0.717, 1.165) is 12.8 Å². The number of fused-ring (bicyclic) bond motifs is 1. The molecule has 16 heavy (non-hydrogen) atoms. The van der Waals surface area contributed by atoms with E-state index in [2.05, 4.69) is 19.1 Å². The molecule has 1 heterocycles. The van der Waals surface area contributed by atoms with Gasteiger partial charge in [0.25, 0.3) is 0 Å². The van der Waals surface area contributed by atoms with Gasteiger partial charge in [-0.1, -0.05) is 31.2 Å². The molecular weight excluding hydrogens is 202 g/mol. The van der Waals surface area contributed by atoms with Crippen molar-refractivity contribution in [3.05, 3.63) is 35.4 Å². The normalized spacial score (nSPS) is 19.4. The number of rotatable bonds is 2. The third kappa shape index (κ3) is 1.95. The molecular formula is C13H17NO2. The van der Waals surface area contributed by atoms with Gasteiger partial charge in [0.2, 0.25) is 5.91 Å². The Kier molecular flexibility index (Phi) is 3.25. The zero-order chi connectivity index (χ0) is 11.5. The summed E-state index contributed by atoms with van der Waals surface area (Å²) in [6.45, 7) is 2.32. The van der Waals surface area contributed by atoms with Crippen molar-refractivity contribution in [2.45, 2.75) is 32.4 Å². The Morgan fingerprint density at radius 1 is 1.44 bits per heavy atom. The van der Waals surface area contributed by atoms with E-state index in [1.807, 2.05) is 12.1 Å². The lowest BCUT2D eigenvalue weighted by Gasteiger charge is -2.36. The van der Waals surface area contributed by atoms with Gasteiger partial charge in [-0.3, -0.25) is 4.79 Å². The summed E-state index contributed by atoms with van der Waals surface area (Å²) in [5.41, 5.74) is 2.53. The molecule has 1 aliphatic heterocycles. The number of benzene rings is 1. The Hall–Kier alpha value is -1.35. The molecule has 0 aromatic heterocycles. The number of carbonyl (C=O) groups is 1. The fraction of sp³-hybridized carbons (Fsp3) is 0.462. The van der Waals surface area contributed by atoms with Crippen LogP contribution in [0.15, 0.2) is 24.3 Å². The van der Waals surface area contributed by atoms with Crippen LogP contribution in [0.1, 0.15) is 24.5 Å². The van der Waals surface area contributed by atoms with Gasteiger partial charge >= 0.3 is 0 Å². The molecule has 0 aliphatic carbocycles. The zero-order valence-corrected chi connectivity index (χ0v) is 9.52. The first-order valence-corrected chi connectivity index (χ1v) is 5.73. The zero-order valence-electron chi connectivity index (χ0n) is 9.52. The molecule has 1 aromatic rings. The summed E-state index contributed by atoms with van der Waals surface area (Å²) in [4.78, 5) is 13.4. The highest BCUT2D eigenvalue weighted by molar-refractivity contribution is 5.77. The molecule has 0 spiro atoms. The highest BCUT2D eigenvalue weighted by atomic mass is 16.3. The van der Waals surface area contributed by atoms with Crippen molar-refractivity contribution in [3.8, 4) is 0 Å². The van der Waals surface area contributed by atoms with Gasteiger partial charge in [-0.25, -0.2) is 0 Å². The molecule has 86 valence electrons. The van der Waals surface area contributed by atoms with Crippen LogP contribution in [0.2, 0.25) is 0 Å². The molecule has 3 nitrogen and oxygen atoms in total. The van der Waals surface area contributed by atoms with Crippen LogP contribution in [0.4, 0.5) is 0 Å². The second kappa shape index (κ2) is 4.66. The first-order chi connectivity index (χ1) is 7.76. The molecule has 0 bridgehead atoms. The van der Waals surface area contributed by atoms with Crippen LogP contribution in [0.3, 0.4) is 0 Å². The second-order valence-electron chi connectivity index (χ2n) is 4.21. The average molecular weight is 219 g/mol. The lowest BCUT2D eigenvalue weighted by atomic mass is 9.92. The predicted octanol–water partition coefficient (Wildman–Crippen LogP) is 1.34. The average Bonchev–Trinajstić information content (AvgIpc) is 2.36. The third-order valence-corrected chi connectivity index (χ3v) is 3.28. The third-order valence-electron chi connectivity index (χ3n) is 3.28. The number of carbonyl (C=O) groups excluding carboxylic acids is 1. The van der Waals surface area contributed by atoms with Crippen molar-refractivity contribution in [2.75, 3.05) is 6.61 Å². The Labute approximate surface area is 95.7 Å². The topological polar surface area (TPSA) is 40.5 Å². The summed E-state index contributed by atoms with van der Waals surface area (Å²) < 4.78 is 0. The smallest absolute Gasteiger partial charge is 0.248 e. The van der Waals surface area contributed by atoms with Gasteiger partial charge in [0, 0.05) is 12.6 Å². The van der Waals surface area contributed by atoms with Gasteiger partial charge in [-0.2, -0.15) is 0 Å². The number of aliphatic hydroxyl groups is 1. The van der Waals surface area contributed by atoms with Crippen molar-refractivity contribution >= 4 is 5.91 Å². The lowest BCUT2D eigenvalue weighted by Crippen LogP contribution is -2.45. The monoisotopic (exact) mass is 219 g/mol. The van der Waals surface area contributed by atoms with Crippen molar-refractivity contribution in [1.82, 2.24) is 4.90 Å². The summed E-state index contributed by atoms with van der Waals surface area (Å²) in [6.07, 6.45) is 1.83. The molecule has 0 radical (unpaired) electrons. The SMILES string of the molecule is CCC1Cc2ccccc2CN1C(=O)CO. The van der Waals surface area contributed by atoms with Crippen LogP contribution in [0, 0.1) is 0 Å². The van der Waals surface area contributed by atoms with Crippen molar-refractivity contribution < 1.29 is 9.90 Å². The summed E-state index contributed by atoms with van der Waals surface area (Å²) in [6, 6.07) is 8.44. The minimum Gasteiger partial charge on any atom is -0.387 e. The molecule has 1 unspecified atom stereocenters. The fourth-order valence-electron chi connectivity index (χ4n) is 2.33. The van der Waals surface area contributed by atoms with Crippen molar-refractivity contribution in [1.29, 1.82) is 0 Å². The van der Waals surface area contributed by atoms with Gasteiger partial charge in [0.1, 0.15) is 6.61 Å². The minimum absolute atomic E-state index is 0.165. The number of amides is 1. The number of hydrogen-bond acceptors (Lipinski definition) is 2. The van der Waals surface area contributed by atoms with Gasteiger partial charge in [0.05, 0.1) is 0 Å². The van der Waals surface area contributed by atoms with Crippen molar-refractivity contribution in [2.24, 2.45) is 0 Å². The van der Waals surface area contributed by atoms with Crippen LogP contribution in [-0.2, 0) is 17.8 Å². The number of nitrogens with zero attached hydrogens (tertiary/aromatic N) is 1. The highest BCUT2D eigenvalue weighted by Crippen LogP contribution is 2.24. The van der Waals surface area contributed by atoms with E-state index in [1.165, 1.54) is 11.1 Å². The van der Waals surface area contributed by atoms with E-state index < -0.39 is 6.61 Å². The maximum Gasteiger partial charge on any atom is 0.248 e.